The standard InChI is InChI=1S/C12H16O4/c1-13-5-6-14-9-16-11-4-2-3-10(7-11)12-8-15-12/h2-4,7,12H,5-6,8-9H2,1H3/t12-/m0/s1. The Morgan fingerprint density at radius 2 is 2.25 bits per heavy atom. The molecule has 4 nitrogen and oxygen atoms in total. The molecule has 1 atom stereocenters. The summed E-state index contributed by atoms with van der Waals surface area (Å²) in [6.07, 6.45) is 0.262. The van der Waals surface area contributed by atoms with Crippen LogP contribution >= 0.6 is 0 Å². The van der Waals surface area contributed by atoms with Gasteiger partial charge in [0, 0.05) is 7.11 Å². The van der Waals surface area contributed by atoms with Crippen LogP contribution in [0.3, 0.4) is 0 Å². The van der Waals surface area contributed by atoms with Gasteiger partial charge in [0.2, 0.25) is 0 Å². The summed E-state index contributed by atoms with van der Waals surface area (Å²) < 4.78 is 20.7. The summed E-state index contributed by atoms with van der Waals surface area (Å²) in [6, 6.07) is 7.89. The highest BCUT2D eigenvalue weighted by Crippen LogP contribution is 2.31. The predicted molar refractivity (Wildman–Crippen MR) is 58.5 cm³/mol. The van der Waals surface area contributed by atoms with Crippen molar-refractivity contribution < 1.29 is 18.9 Å². The van der Waals surface area contributed by atoms with E-state index in [1.165, 1.54) is 0 Å². The molecular formula is C12H16O4. The van der Waals surface area contributed by atoms with E-state index in [0.717, 1.165) is 17.9 Å². The molecule has 1 saturated heterocycles. The first-order valence-electron chi connectivity index (χ1n) is 5.31. The van der Waals surface area contributed by atoms with Gasteiger partial charge < -0.3 is 18.9 Å². The zero-order valence-electron chi connectivity index (χ0n) is 9.35. The summed E-state index contributed by atoms with van der Waals surface area (Å²) in [6.45, 7) is 2.19. The Balaban J connectivity index is 1.73. The summed E-state index contributed by atoms with van der Waals surface area (Å²) in [5, 5.41) is 0. The van der Waals surface area contributed by atoms with E-state index in [0.29, 0.717) is 13.2 Å². The second kappa shape index (κ2) is 5.84. The van der Waals surface area contributed by atoms with Crippen molar-refractivity contribution in [1.82, 2.24) is 0 Å². The minimum absolute atomic E-state index is 0.248. The molecule has 2 rings (SSSR count). The monoisotopic (exact) mass is 224 g/mol. The van der Waals surface area contributed by atoms with Crippen LogP contribution in [0.2, 0.25) is 0 Å². The van der Waals surface area contributed by atoms with Crippen molar-refractivity contribution in [3.8, 4) is 5.75 Å². The molecule has 16 heavy (non-hydrogen) atoms. The number of hydrogen-bond acceptors (Lipinski definition) is 4. The average Bonchev–Trinajstić information content (AvgIpc) is 3.13. The summed E-state index contributed by atoms with van der Waals surface area (Å²) in [5.41, 5.74) is 1.16. The topological polar surface area (TPSA) is 40.2 Å². The second-order valence-corrected chi connectivity index (χ2v) is 3.56. The molecule has 4 heteroatoms. The molecule has 1 fully saturated rings. The van der Waals surface area contributed by atoms with E-state index in [1.807, 2.05) is 24.3 Å². The lowest BCUT2D eigenvalue weighted by molar-refractivity contribution is -0.00850. The van der Waals surface area contributed by atoms with Gasteiger partial charge in [-0.3, -0.25) is 0 Å². The molecule has 0 bridgehead atoms. The Labute approximate surface area is 95.1 Å². The van der Waals surface area contributed by atoms with Gasteiger partial charge in [-0.1, -0.05) is 12.1 Å². The lowest BCUT2D eigenvalue weighted by Crippen LogP contribution is -2.07. The van der Waals surface area contributed by atoms with Gasteiger partial charge in [0.15, 0.2) is 6.79 Å². The van der Waals surface area contributed by atoms with Crippen molar-refractivity contribution in [3.63, 3.8) is 0 Å². The Morgan fingerprint density at radius 3 is 3.00 bits per heavy atom. The zero-order chi connectivity index (χ0) is 11.2. The van der Waals surface area contributed by atoms with Gasteiger partial charge in [-0.05, 0) is 17.7 Å². The lowest BCUT2D eigenvalue weighted by atomic mass is 10.1. The normalized spacial score (nSPS) is 18.4. The SMILES string of the molecule is COCCOCOc1cccc([C@@H]2CO2)c1. The van der Waals surface area contributed by atoms with Gasteiger partial charge in [-0.15, -0.1) is 0 Å². The fourth-order valence-electron chi connectivity index (χ4n) is 1.36. The van der Waals surface area contributed by atoms with E-state index in [-0.39, 0.29) is 12.9 Å². The molecule has 0 saturated carbocycles. The third-order valence-corrected chi connectivity index (χ3v) is 2.30. The minimum atomic E-state index is 0.248. The van der Waals surface area contributed by atoms with E-state index in [9.17, 15) is 0 Å². The van der Waals surface area contributed by atoms with E-state index in [4.69, 9.17) is 18.9 Å². The van der Waals surface area contributed by atoms with Gasteiger partial charge >= 0.3 is 0 Å². The van der Waals surface area contributed by atoms with Gasteiger partial charge in [-0.25, -0.2) is 0 Å². The van der Waals surface area contributed by atoms with Crippen LogP contribution in [-0.4, -0.2) is 33.7 Å². The maximum atomic E-state index is 5.44. The number of epoxide rings is 1. The molecule has 88 valence electrons. The molecule has 0 amide bonds. The molecule has 0 aromatic heterocycles. The number of hydrogen-bond donors (Lipinski definition) is 0. The Kier molecular flexibility index (Phi) is 4.16. The van der Waals surface area contributed by atoms with Crippen molar-refractivity contribution in [1.29, 1.82) is 0 Å². The number of benzene rings is 1. The highest BCUT2D eigenvalue weighted by Gasteiger charge is 2.24. The smallest absolute Gasteiger partial charge is 0.189 e. The molecule has 1 heterocycles. The highest BCUT2D eigenvalue weighted by atomic mass is 16.7. The Hall–Kier alpha value is -1.10. The van der Waals surface area contributed by atoms with Crippen molar-refractivity contribution >= 4 is 0 Å². The molecule has 0 unspecified atom stereocenters. The molecule has 0 spiro atoms. The highest BCUT2D eigenvalue weighted by molar-refractivity contribution is 5.31. The van der Waals surface area contributed by atoms with Crippen molar-refractivity contribution in [2.75, 3.05) is 33.7 Å². The lowest BCUT2D eigenvalue weighted by Gasteiger charge is -2.07. The van der Waals surface area contributed by atoms with E-state index in [2.05, 4.69) is 0 Å². The van der Waals surface area contributed by atoms with Crippen LogP contribution in [0.5, 0.6) is 5.75 Å². The van der Waals surface area contributed by atoms with Crippen molar-refractivity contribution in [3.05, 3.63) is 29.8 Å². The van der Waals surface area contributed by atoms with Gasteiger partial charge in [-0.2, -0.15) is 0 Å². The number of ether oxygens (including phenoxy) is 4. The fraction of sp³-hybridized carbons (Fsp3) is 0.500. The van der Waals surface area contributed by atoms with E-state index < -0.39 is 0 Å². The Bertz CT molecular complexity index is 323. The molecular weight excluding hydrogens is 208 g/mol. The Morgan fingerprint density at radius 1 is 1.38 bits per heavy atom. The van der Waals surface area contributed by atoms with E-state index in [1.54, 1.807) is 7.11 Å². The first-order valence-corrected chi connectivity index (χ1v) is 5.31. The molecule has 0 aliphatic carbocycles. The van der Waals surface area contributed by atoms with Crippen LogP contribution in [0.4, 0.5) is 0 Å². The molecule has 1 aromatic rings. The van der Waals surface area contributed by atoms with Gasteiger partial charge in [0.05, 0.1) is 19.8 Å². The number of methoxy groups -OCH3 is 1. The summed E-state index contributed by atoms with van der Waals surface area (Å²) in [5.74, 6) is 0.811. The molecule has 0 N–H and O–H groups in total. The van der Waals surface area contributed by atoms with Crippen molar-refractivity contribution in [2.24, 2.45) is 0 Å². The maximum absolute atomic E-state index is 5.44. The third-order valence-electron chi connectivity index (χ3n) is 2.30. The predicted octanol–water partition coefficient (Wildman–Crippen LogP) is 1.76. The van der Waals surface area contributed by atoms with Gasteiger partial charge in [0.1, 0.15) is 11.9 Å². The summed E-state index contributed by atoms with van der Waals surface area (Å²) in [7, 11) is 1.64. The summed E-state index contributed by atoms with van der Waals surface area (Å²) in [4.78, 5) is 0. The van der Waals surface area contributed by atoms with Crippen LogP contribution in [-0.2, 0) is 14.2 Å². The molecule has 1 aliphatic heterocycles. The van der Waals surface area contributed by atoms with Crippen LogP contribution < -0.4 is 4.74 Å². The van der Waals surface area contributed by atoms with E-state index >= 15 is 0 Å². The average molecular weight is 224 g/mol. The zero-order valence-corrected chi connectivity index (χ0v) is 9.35. The third kappa shape index (κ3) is 3.48. The first-order chi connectivity index (χ1) is 7.90. The fourth-order valence-corrected chi connectivity index (χ4v) is 1.36. The largest absolute Gasteiger partial charge is 0.468 e. The van der Waals surface area contributed by atoms with Crippen LogP contribution in [0.15, 0.2) is 24.3 Å². The maximum Gasteiger partial charge on any atom is 0.189 e. The second-order valence-electron chi connectivity index (χ2n) is 3.56. The van der Waals surface area contributed by atoms with Crippen molar-refractivity contribution in [2.45, 2.75) is 6.10 Å². The summed E-state index contributed by atoms with van der Waals surface area (Å²) >= 11 is 0. The first kappa shape index (κ1) is 11.4. The quantitative estimate of drug-likeness (QED) is 0.402. The molecule has 0 radical (unpaired) electrons. The minimum Gasteiger partial charge on any atom is -0.468 e. The molecule has 1 aromatic carbocycles. The molecule has 1 aliphatic rings. The van der Waals surface area contributed by atoms with Gasteiger partial charge in [0.25, 0.3) is 0 Å². The van der Waals surface area contributed by atoms with Crippen LogP contribution in [0.1, 0.15) is 11.7 Å². The van der Waals surface area contributed by atoms with Crippen LogP contribution in [0.25, 0.3) is 0 Å². The number of rotatable bonds is 7. The van der Waals surface area contributed by atoms with Crippen LogP contribution in [0, 0.1) is 0 Å².